The standard InChI is InChI=1S/C44H40FNO6/c1-7-43(47)51-31(5)49-39-13-9-11-33(25-39)41(34-12-10-14-40(26-34)50-32(6)52-44(48)8-2)27-35-19-24-38(28-42(35)45)46(36-20-15-29(3)16-21-36)37-22-17-30(4)18-23-37/h7-28,31-32H,1-2H2,3-6H3. The zero-order valence-corrected chi connectivity index (χ0v) is 29.5. The van der Waals surface area contributed by atoms with E-state index in [1.165, 1.54) is 6.07 Å². The number of esters is 2. The lowest BCUT2D eigenvalue weighted by Gasteiger charge is -2.26. The summed E-state index contributed by atoms with van der Waals surface area (Å²) in [6, 6.07) is 35.6. The Morgan fingerprint density at radius 1 is 0.635 bits per heavy atom. The molecule has 0 saturated carbocycles. The summed E-state index contributed by atoms with van der Waals surface area (Å²) in [4.78, 5) is 25.5. The van der Waals surface area contributed by atoms with Gasteiger partial charge >= 0.3 is 11.9 Å². The monoisotopic (exact) mass is 697 g/mol. The first-order valence-electron chi connectivity index (χ1n) is 16.7. The van der Waals surface area contributed by atoms with E-state index < -0.39 is 30.3 Å². The molecule has 7 nitrogen and oxygen atoms in total. The van der Waals surface area contributed by atoms with Crippen LogP contribution in [0.3, 0.4) is 0 Å². The van der Waals surface area contributed by atoms with Gasteiger partial charge in [-0.2, -0.15) is 0 Å². The molecule has 264 valence electrons. The highest BCUT2D eigenvalue weighted by Gasteiger charge is 2.17. The number of benzene rings is 5. The van der Waals surface area contributed by atoms with Gasteiger partial charge in [-0.1, -0.05) is 72.8 Å². The molecule has 0 spiro atoms. The molecule has 0 radical (unpaired) electrons. The van der Waals surface area contributed by atoms with Crippen molar-refractivity contribution in [1.29, 1.82) is 0 Å². The van der Waals surface area contributed by atoms with Crippen molar-refractivity contribution in [2.24, 2.45) is 0 Å². The Morgan fingerprint density at radius 3 is 1.50 bits per heavy atom. The summed E-state index contributed by atoms with van der Waals surface area (Å²) >= 11 is 0. The molecule has 0 aliphatic rings. The molecule has 0 bridgehead atoms. The lowest BCUT2D eigenvalue weighted by atomic mass is 9.95. The third-order valence-corrected chi connectivity index (χ3v) is 7.92. The fraction of sp³-hybridized carbons (Fsp3) is 0.136. The van der Waals surface area contributed by atoms with E-state index in [0.29, 0.717) is 39.4 Å². The lowest BCUT2D eigenvalue weighted by molar-refractivity contribution is -0.156. The summed E-state index contributed by atoms with van der Waals surface area (Å²) < 4.78 is 38.5. The quantitative estimate of drug-likeness (QED) is 0.0495. The van der Waals surface area contributed by atoms with E-state index in [1.807, 2.05) is 85.5 Å². The number of nitrogens with zero attached hydrogens (tertiary/aromatic N) is 1. The number of halogens is 1. The van der Waals surface area contributed by atoms with Crippen molar-refractivity contribution >= 4 is 40.6 Å². The van der Waals surface area contributed by atoms with Crippen LogP contribution in [0.4, 0.5) is 21.5 Å². The number of hydrogen-bond donors (Lipinski definition) is 0. The fourth-order valence-electron chi connectivity index (χ4n) is 5.42. The van der Waals surface area contributed by atoms with E-state index >= 15 is 4.39 Å². The van der Waals surface area contributed by atoms with Crippen LogP contribution in [0.5, 0.6) is 11.5 Å². The van der Waals surface area contributed by atoms with E-state index in [2.05, 4.69) is 13.2 Å². The number of aryl methyl sites for hydroxylation is 2. The van der Waals surface area contributed by atoms with Crippen LogP contribution >= 0.6 is 0 Å². The van der Waals surface area contributed by atoms with Crippen molar-refractivity contribution in [3.63, 3.8) is 0 Å². The van der Waals surface area contributed by atoms with Crippen molar-refractivity contribution < 1.29 is 32.9 Å². The highest BCUT2D eigenvalue weighted by Crippen LogP contribution is 2.37. The Morgan fingerprint density at radius 2 is 1.08 bits per heavy atom. The summed E-state index contributed by atoms with van der Waals surface area (Å²) in [5, 5.41) is 0. The molecule has 8 heteroatoms. The molecule has 0 aliphatic carbocycles. The Balaban J connectivity index is 1.57. The van der Waals surface area contributed by atoms with E-state index in [1.54, 1.807) is 62.4 Å². The second-order valence-corrected chi connectivity index (χ2v) is 12.0. The van der Waals surface area contributed by atoms with Crippen LogP contribution in [0.15, 0.2) is 141 Å². The van der Waals surface area contributed by atoms with Gasteiger partial charge in [0.1, 0.15) is 17.3 Å². The van der Waals surface area contributed by atoms with E-state index in [0.717, 1.165) is 34.7 Å². The normalized spacial score (nSPS) is 11.7. The molecule has 5 rings (SSSR count). The third kappa shape index (κ3) is 9.63. The van der Waals surface area contributed by atoms with Gasteiger partial charge in [0.05, 0.1) is 0 Å². The second-order valence-electron chi connectivity index (χ2n) is 12.0. The van der Waals surface area contributed by atoms with Gasteiger partial charge in [-0.15, -0.1) is 0 Å². The average molecular weight is 698 g/mol. The maximum atomic E-state index is 16.3. The highest BCUT2D eigenvalue weighted by atomic mass is 19.1. The van der Waals surface area contributed by atoms with Crippen LogP contribution in [0, 0.1) is 19.7 Å². The van der Waals surface area contributed by atoms with Gasteiger partial charge in [0.25, 0.3) is 0 Å². The largest absolute Gasteiger partial charge is 0.455 e. The molecule has 0 amide bonds. The van der Waals surface area contributed by atoms with Gasteiger partial charge in [-0.25, -0.2) is 14.0 Å². The van der Waals surface area contributed by atoms with Crippen LogP contribution in [0.2, 0.25) is 0 Å². The predicted octanol–water partition coefficient (Wildman–Crippen LogP) is 10.4. The fourth-order valence-corrected chi connectivity index (χ4v) is 5.42. The summed E-state index contributed by atoms with van der Waals surface area (Å²) in [6.45, 7) is 14.1. The van der Waals surface area contributed by atoms with Crippen molar-refractivity contribution in [2.75, 3.05) is 4.90 Å². The molecule has 52 heavy (non-hydrogen) atoms. The Kier molecular flexibility index (Phi) is 12.1. The van der Waals surface area contributed by atoms with Crippen LogP contribution in [-0.4, -0.2) is 24.5 Å². The third-order valence-electron chi connectivity index (χ3n) is 7.92. The maximum Gasteiger partial charge on any atom is 0.333 e. The van der Waals surface area contributed by atoms with Crippen LogP contribution < -0.4 is 14.4 Å². The Hall–Kier alpha value is -6.41. The molecule has 0 aromatic heterocycles. The molecule has 0 aliphatic heterocycles. The van der Waals surface area contributed by atoms with Crippen molar-refractivity contribution in [3.8, 4) is 11.5 Å². The van der Waals surface area contributed by atoms with Crippen LogP contribution in [0.1, 0.15) is 41.7 Å². The van der Waals surface area contributed by atoms with Crippen molar-refractivity contribution in [1.82, 2.24) is 0 Å². The summed E-state index contributed by atoms with van der Waals surface area (Å²) in [5.41, 5.74) is 7.04. The van der Waals surface area contributed by atoms with Gasteiger partial charge in [0.2, 0.25) is 12.6 Å². The number of anilines is 3. The number of carbonyl (C=O) groups is 2. The van der Waals surface area contributed by atoms with Crippen LogP contribution in [-0.2, 0) is 19.1 Å². The molecule has 0 fully saturated rings. The maximum absolute atomic E-state index is 16.3. The molecule has 5 aromatic rings. The van der Waals surface area contributed by atoms with E-state index in [-0.39, 0.29) is 0 Å². The first-order valence-corrected chi connectivity index (χ1v) is 16.7. The Bertz CT molecular complexity index is 1970. The number of ether oxygens (including phenoxy) is 4. The summed E-state index contributed by atoms with van der Waals surface area (Å²) in [5.74, 6) is -0.817. The molecule has 2 atom stereocenters. The molecule has 0 heterocycles. The zero-order valence-electron chi connectivity index (χ0n) is 29.5. The first kappa shape index (κ1) is 36.9. The minimum Gasteiger partial charge on any atom is -0.455 e. The van der Waals surface area contributed by atoms with Crippen molar-refractivity contribution in [3.05, 3.63) is 174 Å². The zero-order chi connectivity index (χ0) is 37.2. The van der Waals surface area contributed by atoms with Gasteiger partial charge < -0.3 is 23.8 Å². The Labute approximate surface area is 303 Å². The topological polar surface area (TPSA) is 74.3 Å². The predicted molar refractivity (Wildman–Crippen MR) is 203 cm³/mol. The average Bonchev–Trinajstić information content (AvgIpc) is 3.13. The molecular weight excluding hydrogens is 657 g/mol. The molecular formula is C44H40FNO6. The van der Waals surface area contributed by atoms with Gasteiger partial charge in [0.15, 0.2) is 0 Å². The second kappa shape index (κ2) is 17.0. The number of hydrogen-bond acceptors (Lipinski definition) is 7. The smallest absolute Gasteiger partial charge is 0.333 e. The molecule has 0 N–H and O–H groups in total. The molecule has 5 aromatic carbocycles. The van der Waals surface area contributed by atoms with Gasteiger partial charge in [-0.05, 0) is 103 Å². The first-order chi connectivity index (χ1) is 25.0. The lowest BCUT2D eigenvalue weighted by Crippen LogP contribution is -2.19. The van der Waals surface area contributed by atoms with E-state index in [4.69, 9.17) is 18.9 Å². The number of carbonyl (C=O) groups excluding carboxylic acids is 2. The van der Waals surface area contributed by atoms with Crippen LogP contribution in [0.25, 0.3) is 11.6 Å². The van der Waals surface area contributed by atoms with Crippen molar-refractivity contribution in [2.45, 2.75) is 40.3 Å². The number of rotatable bonds is 14. The molecule has 2 unspecified atom stereocenters. The minimum atomic E-state index is -0.889. The summed E-state index contributed by atoms with van der Waals surface area (Å²) in [6.07, 6.45) is 2.10. The van der Waals surface area contributed by atoms with Gasteiger partial charge in [0, 0.05) is 48.6 Å². The SMILES string of the molecule is C=CC(=O)OC(C)Oc1cccc(C(=Cc2ccc(N(c3ccc(C)cc3)c3ccc(C)cc3)cc2F)c2cccc(OC(C)OC(=O)C=C)c2)c1. The highest BCUT2D eigenvalue weighted by molar-refractivity contribution is 5.92. The molecule has 0 saturated heterocycles. The van der Waals surface area contributed by atoms with E-state index in [9.17, 15) is 9.59 Å². The minimum absolute atomic E-state index is 0.339. The summed E-state index contributed by atoms with van der Waals surface area (Å²) in [7, 11) is 0. The van der Waals surface area contributed by atoms with Gasteiger partial charge in [-0.3, -0.25) is 0 Å².